The van der Waals surface area contributed by atoms with Gasteiger partial charge in [-0.15, -0.1) is 0 Å². The lowest BCUT2D eigenvalue weighted by Gasteiger charge is -2.40. The van der Waals surface area contributed by atoms with Crippen LogP contribution in [0.25, 0.3) is 0 Å². The van der Waals surface area contributed by atoms with Crippen molar-refractivity contribution < 1.29 is 27.1 Å². The summed E-state index contributed by atoms with van der Waals surface area (Å²) >= 11 is 0. The highest BCUT2D eigenvalue weighted by atomic mass is 19.4. The van der Waals surface area contributed by atoms with Crippen LogP contribution >= 0.6 is 0 Å². The number of aromatic nitrogens is 2. The van der Waals surface area contributed by atoms with E-state index in [9.17, 15) is 22.4 Å². The Balaban J connectivity index is 2.01. The van der Waals surface area contributed by atoms with E-state index in [0.717, 1.165) is 19.1 Å². The summed E-state index contributed by atoms with van der Waals surface area (Å²) < 4.78 is 60.8. The number of halogens is 4. The van der Waals surface area contributed by atoms with Crippen molar-refractivity contribution in [3.8, 4) is 6.07 Å². The van der Waals surface area contributed by atoms with E-state index in [4.69, 9.17) is 15.7 Å². The van der Waals surface area contributed by atoms with Crippen LogP contribution in [0.1, 0.15) is 41.2 Å². The first-order chi connectivity index (χ1) is 14.9. The molecule has 0 saturated carbocycles. The predicted molar refractivity (Wildman–Crippen MR) is 105 cm³/mol. The molecule has 12 heteroatoms. The standard InChI is InChI=1S/C20H18F4N6O2/c1-9-6-11(7-25)8-27-14(9)17(31)29-13-5-4-12(21)15(28-13)19(3)18(20(22,23)24)32-10(2)16(26)30-19/h4-6,8,10,18H,1-3H3,(H2,26,30)(H,28,29,31)/t10-,18-,19-/m1/s1. The topological polar surface area (TPSA) is 126 Å². The van der Waals surface area contributed by atoms with Crippen molar-refractivity contribution in [1.82, 2.24) is 9.97 Å². The summed E-state index contributed by atoms with van der Waals surface area (Å²) in [4.78, 5) is 24.2. The largest absolute Gasteiger partial charge is 0.417 e. The van der Waals surface area contributed by atoms with Gasteiger partial charge in [-0.25, -0.2) is 14.4 Å². The van der Waals surface area contributed by atoms with Crippen LogP contribution < -0.4 is 11.1 Å². The van der Waals surface area contributed by atoms with Gasteiger partial charge in [0.1, 0.15) is 46.6 Å². The number of aliphatic imine (C=N–C) groups is 1. The van der Waals surface area contributed by atoms with Gasteiger partial charge in [0.15, 0.2) is 6.10 Å². The molecule has 0 aromatic carbocycles. The zero-order valence-electron chi connectivity index (χ0n) is 17.2. The van der Waals surface area contributed by atoms with Crippen LogP contribution in [0.4, 0.5) is 23.4 Å². The molecule has 0 fully saturated rings. The van der Waals surface area contributed by atoms with Crippen LogP contribution in [0.3, 0.4) is 0 Å². The Hall–Kier alpha value is -3.59. The van der Waals surface area contributed by atoms with Crippen molar-refractivity contribution in [2.45, 2.75) is 44.7 Å². The van der Waals surface area contributed by atoms with Crippen molar-refractivity contribution in [2.75, 3.05) is 5.32 Å². The third-order valence-electron chi connectivity index (χ3n) is 4.92. The summed E-state index contributed by atoms with van der Waals surface area (Å²) in [5, 5.41) is 11.3. The van der Waals surface area contributed by atoms with Crippen LogP contribution in [-0.4, -0.2) is 40.1 Å². The van der Waals surface area contributed by atoms with Gasteiger partial charge < -0.3 is 15.8 Å². The van der Waals surface area contributed by atoms with Gasteiger partial charge in [0.25, 0.3) is 5.91 Å². The van der Waals surface area contributed by atoms with E-state index in [1.54, 1.807) is 6.92 Å². The second kappa shape index (κ2) is 8.16. The first-order valence-corrected chi connectivity index (χ1v) is 9.29. The van der Waals surface area contributed by atoms with E-state index >= 15 is 0 Å². The van der Waals surface area contributed by atoms with Crippen molar-refractivity contribution in [2.24, 2.45) is 10.7 Å². The molecule has 0 saturated heterocycles. The Kier molecular flexibility index (Phi) is 5.88. The number of anilines is 1. The molecule has 3 heterocycles. The van der Waals surface area contributed by atoms with Gasteiger partial charge >= 0.3 is 6.18 Å². The molecule has 0 unspecified atom stereocenters. The highest BCUT2D eigenvalue weighted by molar-refractivity contribution is 6.03. The van der Waals surface area contributed by atoms with Gasteiger partial charge in [-0.05, 0) is 44.5 Å². The van der Waals surface area contributed by atoms with Gasteiger partial charge in [0.2, 0.25) is 0 Å². The van der Waals surface area contributed by atoms with E-state index < -0.39 is 41.3 Å². The van der Waals surface area contributed by atoms with Crippen molar-refractivity contribution >= 4 is 17.6 Å². The fourth-order valence-electron chi connectivity index (χ4n) is 3.31. The predicted octanol–water partition coefficient (Wildman–Crippen LogP) is 2.97. The average Bonchev–Trinajstić information content (AvgIpc) is 2.71. The fraction of sp³-hybridized carbons (Fsp3) is 0.350. The summed E-state index contributed by atoms with van der Waals surface area (Å²) in [5.41, 5.74) is 3.26. The van der Waals surface area contributed by atoms with E-state index in [1.165, 1.54) is 19.2 Å². The monoisotopic (exact) mass is 450 g/mol. The summed E-state index contributed by atoms with van der Waals surface area (Å²) in [6.07, 6.45) is -7.36. The number of alkyl halides is 3. The van der Waals surface area contributed by atoms with Crippen molar-refractivity contribution in [3.05, 3.63) is 52.7 Å². The number of hydrogen-bond acceptors (Lipinski definition) is 7. The summed E-state index contributed by atoms with van der Waals surface area (Å²) in [5.74, 6) is -2.30. The maximum Gasteiger partial charge on any atom is 0.417 e. The Morgan fingerprint density at radius 3 is 2.66 bits per heavy atom. The molecule has 2 aromatic rings. The number of aryl methyl sites for hydroxylation is 1. The lowest BCUT2D eigenvalue weighted by atomic mass is 9.88. The van der Waals surface area contributed by atoms with E-state index in [0.29, 0.717) is 5.56 Å². The SMILES string of the molecule is Cc1cc(C#N)cnc1C(=O)Nc1ccc(F)c([C@@]2(C)N=C(N)[C@@H](C)O[C@H]2C(F)(F)F)n1. The molecule has 168 valence electrons. The number of carbonyl (C=O) groups excluding carboxylic acids is 1. The number of amidine groups is 1. The number of ether oxygens (including phenoxy) is 1. The van der Waals surface area contributed by atoms with Crippen LogP contribution in [0.5, 0.6) is 0 Å². The minimum absolute atomic E-state index is 0.0341. The first-order valence-electron chi connectivity index (χ1n) is 9.29. The fourth-order valence-corrected chi connectivity index (χ4v) is 3.31. The molecule has 32 heavy (non-hydrogen) atoms. The zero-order chi connectivity index (χ0) is 23.8. The van der Waals surface area contributed by atoms with Gasteiger partial charge in [0, 0.05) is 6.20 Å². The minimum atomic E-state index is -4.90. The number of pyridine rings is 2. The summed E-state index contributed by atoms with van der Waals surface area (Å²) in [6, 6.07) is 5.27. The number of nitriles is 1. The molecule has 3 N–H and O–H groups in total. The molecular formula is C20H18F4N6O2. The lowest BCUT2D eigenvalue weighted by molar-refractivity contribution is -0.249. The van der Waals surface area contributed by atoms with Crippen molar-refractivity contribution in [1.29, 1.82) is 5.26 Å². The molecule has 0 bridgehead atoms. The van der Waals surface area contributed by atoms with Gasteiger partial charge in [0.05, 0.1) is 5.56 Å². The number of amides is 1. The second-order valence-corrected chi connectivity index (χ2v) is 7.37. The Morgan fingerprint density at radius 2 is 2.06 bits per heavy atom. The van der Waals surface area contributed by atoms with Crippen LogP contribution in [-0.2, 0) is 10.3 Å². The number of nitrogens with one attached hydrogen (secondary N) is 1. The molecule has 8 nitrogen and oxygen atoms in total. The zero-order valence-corrected chi connectivity index (χ0v) is 17.2. The Morgan fingerprint density at radius 1 is 1.38 bits per heavy atom. The van der Waals surface area contributed by atoms with Crippen LogP contribution in [0, 0.1) is 24.1 Å². The van der Waals surface area contributed by atoms with E-state index in [1.807, 2.05) is 6.07 Å². The molecular weight excluding hydrogens is 432 g/mol. The molecule has 0 spiro atoms. The highest BCUT2D eigenvalue weighted by Crippen LogP contribution is 2.43. The number of hydrogen-bond donors (Lipinski definition) is 2. The van der Waals surface area contributed by atoms with Crippen LogP contribution in [0.2, 0.25) is 0 Å². The maximum absolute atomic E-state index is 14.6. The molecule has 3 atom stereocenters. The molecule has 1 amide bonds. The molecule has 3 rings (SSSR count). The van der Waals surface area contributed by atoms with E-state index in [2.05, 4.69) is 20.3 Å². The second-order valence-electron chi connectivity index (χ2n) is 7.37. The first kappa shape index (κ1) is 23.1. The van der Waals surface area contributed by atoms with Gasteiger partial charge in [-0.2, -0.15) is 18.4 Å². The van der Waals surface area contributed by atoms with E-state index in [-0.39, 0.29) is 22.9 Å². The minimum Gasteiger partial charge on any atom is -0.385 e. The van der Waals surface area contributed by atoms with Gasteiger partial charge in [-0.3, -0.25) is 9.79 Å². The third-order valence-corrected chi connectivity index (χ3v) is 4.92. The smallest absolute Gasteiger partial charge is 0.385 e. The average molecular weight is 450 g/mol. The molecule has 1 aliphatic rings. The molecule has 0 aliphatic carbocycles. The Labute approximate surface area is 180 Å². The lowest BCUT2D eigenvalue weighted by Crippen LogP contribution is -2.56. The quantitative estimate of drug-likeness (QED) is 0.693. The summed E-state index contributed by atoms with van der Waals surface area (Å²) in [7, 11) is 0. The molecule has 1 aliphatic heterocycles. The van der Waals surface area contributed by atoms with Crippen molar-refractivity contribution in [3.63, 3.8) is 0 Å². The summed E-state index contributed by atoms with van der Waals surface area (Å²) in [6.45, 7) is 3.86. The number of carbonyl (C=O) groups is 1. The number of nitrogens with two attached hydrogens (primary N) is 1. The van der Waals surface area contributed by atoms with Gasteiger partial charge in [-0.1, -0.05) is 0 Å². The molecule has 2 aromatic heterocycles. The maximum atomic E-state index is 14.6. The van der Waals surface area contributed by atoms with Crippen LogP contribution in [0.15, 0.2) is 29.4 Å². The Bertz CT molecular complexity index is 1140. The number of nitrogens with zero attached hydrogens (tertiary/aromatic N) is 4. The highest BCUT2D eigenvalue weighted by Gasteiger charge is 2.58. The third kappa shape index (κ3) is 4.24. The number of rotatable bonds is 3. The normalized spacial score (nSPS) is 23.2. The molecule has 0 radical (unpaired) electrons.